The maximum absolute atomic E-state index is 11.1. The van der Waals surface area contributed by atoms with Gasteiger partial charge in [-0.3, -0.25) is 4.79 Å². The lowest BCUT2D eigenvalue weighted by Gasteiger charge is -2.08. The highest BCUT2D eigenvalue weighted by atomic mass is 32.1. The number of aromatic nitrogens is 2. The summed E-state index contributed by atoms with van der Waals surface area (Å²) in [6.45, 7) is 3.59. The summed E-state index contributed by atoms with van der Waals surface area (Å²) in [6, 6.07) is 7.97. The molecule has 23 heavy (non-hydrogen) atoms. The Labute approximate surface area is 138 Å². The standard InChI is InChI=1S/C17H17N3O2S/c1-4-11-7-15(16-9-23-17(20-16)18-10(2)21)19-14-8-12(22-3)5-6-13(11)14/h5-9H,4H2,1-3H3,(H,18,20,21). The zero-order valence-corrected chi connectivity index (χ0v) is 14.0. The molecule has 0 aliphatic heterocycles. The van der Waals surface area contributed by atoms with Crippen molar-refractivity contribution in [2.75, 3.05) is 12.4 Å². The van der Waals surface area contributed by atoms with Crippen molar-refractivity contribution in [1.82, 2.24) is 9.97 Å². The molecule has 0 spiro atoms. The third-order valence-electron chi connectivity index (χ3n) is 3.53. The third kappa shape index (κ3) is 3.17. The largest absolute Gasteiger partial charge is 0.497 e. The topological polar surface area (TPSA) is 64.1 Å². The number of hydrogen-bond acceptors (Lipinski definition) is 5. The quantitative estimate of drug-likeness (QED) is 0.789. The number of benzene rings is 1. The first-order valence-corrected chi connectivity index (χ1v) is 8.20. The Kier molecular flexibility index (Phi) is 4.25. The summed E-state index contributed by atoms with van der Waals surface area (Å²) in [5.41, 5.74) is 3.66. The molecule has 0 unspecified atom stereocenters. The molecule has 3 aromatic rings. The lowest BCUT2D eigenvalue weighted by molar-refractivity contribution is -0.114. The van der Waals surface area contributed by atoms with Gasteiger partial charge in [-0.25, -0.2) is 9.97 Å². The second-order valence-electron chi connectivity index (χ2n) is 5.12. The van der Waals surface area contributed by atoms with Crippen LogP contribution in [0, 0.1) is 0 Å². The maximum atomic E-state index is 11.1. The number of hydrogen-bond donors (Lipinski definition) is 1. The number of thiazole rings is 1. The van der Waals surface area contributed by atoms with E-state index >= 15 is 0 Å². The Hall–Kier alpha value is -2.47. The third-order valence-corrected chi connectivity index (χ3v) is 4.29. The van der Waals surface area contributed by atoms with Crippen LogP contribution < -0.4 is 10.1 Å². The van der Waals surface area contributed by atoms with E-state index < -0.39 is 0 Å². The van der Waals surface area contributed by atoms with Crippen LogP contribution in [0.5, 0.6) is 5.75 Å². The molecular weight excluding hydrogens is 310 g/mol. The maximum Gasteiger partial charge on any atom is 0.223 e. The highest BCUT2D eigenvalue weighted by molar-refractivity contribution is 7.14. The molecule has 1 amide bonds. The minimum absolute atomic E-state index is 0.128. The van der Waals surface area contributed by atoms with Gasteiger partial charge in [0.15, 0.2) is 5.13 Å². The fourth-order valence-electron chi connectivity index (χ4n) is 2.43. The Morgan fingerprint density at radius 1 is 1.26 bits per heavy atom. The molecule has 1 aromatic carbocycles. The van der Waals surface area contributed by atoms with E-state index in [0.717, 1.165) is 34.5 Å². The number of nitrogens with one attached hydrogen (secondary N) is 1. The van der Waals surface area contributed by atoms with Crippen molar-refractivity contribution >= 4 is 33.3 Å². The average molecular weight is 327 g/mol. The molecule has 2 heterocycles. The SMILES string of the molecule is CCc1cc(-c2csc(NC(C)=O)n2)nc2cc(OC)ccc12. The van der Waals surface area contributed by atoms with Crippen molar-refractivity contribution in [1.29, 1.82) is 0 Å². The summed E-state index contributed by atoms with van der Waals surface area (Å²) in [7, 11) is 1.64. The number of anilines is 1. The smallest absolute Gasteiger partial charge is 0.223 e. The van der Waals surface area contributed by atoms with Gasteiger partial charge in [-0.2, -0.15) is 0 Å². The number of methoxy groups -OCH3 is 1. The van der Waals surface area contributed by atoms with Gasteiger partial charge < -0.3 is 10.1 Å². The van der Waals surface area contributed by atoms with Gasteiger partial charge in [0.05, 0.1) is 18.3 Å². The van der Waals surface area contributed by atoms with Crippen molar-refractivity contribution in [3.8, 4) is 17.1 Å². The first-order valence-electron chi connectivity index (χ1n) is 7.32. The molecule has 3 rings (SSSR count). The van der Waals surface area contributed by atoms with E-state index in [-0.39, 0.29) is 5.91 Å². The van der Waals surface area contributed by atoms with Gasteiger partial charge in [0.25, 0.3) is 0 Å². The minimum atomic E-state index is -0.128. The number of rotatable bonds is 4. The Balaban J connectivity index is 2.09. The molecule has 0 saturated heterocycles. The van der Waals surface area contributed by atoms with Crippen molar-refractivity contribution in [3.63, 3.8) is 0 Å². The predicted octanol–water partition coefficient (Wildman–Crippen LogP) is 3.89. The number of carbonyl (C=O) groups is 1. The Bertz CT molecular complexity index is 873. The number of ether oxygens (including phenoxy) is 1. The highest BCUT2D eigenvalue weighted by Gasteiger charge is 2.11. The van der Waals surface area contributed by atoms with Gasteiger partial charge in [0.2, 0.25) is 5.91 Å². The average Bonchev–Trinajstić information content (AvgIpc) is 3.00. The van der Waals surface area contributed by atoms with Crippen molar-refractivity contribution in [2.45, 2.75) is 20.3 Å². The summed E-state index contributed by atoms with van der Waals surface area (Å²) in [6.07, 6.45) is 0.904. The molecule has 1 N–H and O–H groups in total. The van der Waals surface area contributed by atoms with Crippen molar-refractivity contribution < 1.29 is 9.53 Å². The van der Waals surface area contributed by atoms with E-state index in [0.29, 0.717) is 5.13 Å². The first-order chi connectivity index (χ1) is 11.1. The van der Waals surface area contributed by atoms with Crippen LogP contribution in [0.15, 0.2) is 29.6 Å². The van der Waals surface area contributed by atoms with Gasteiger partial charge in [0, 0.05) is 23.8 Å². The van der Waals surface area contributed by atoms with Crippen LogP contribution in [0.25, 0.3) is 22.3 Å². The zero-order valence-electron chi connectivity index (χ0n) is 13.2. The van der Waals surface area contributed by atoms with Crippen LogP contribution in [0.1, 0.15) is 19.4 Å². The van der Waals surface area contributed by atoms with E-state index in [2.05, 4.69) is 23.3 Å². The highest BCUT2D eigenvalue weighted by Crippen LogP contribution is 2.29. The van der Waals surface area contributed by atoms with Gasteiger partial charge in [-0.1, -0.05) is 6.92 Å². The molecule has 2 aromatic heterocycles. The summed E-state index contributed by atoms with van der Waals surface area (Å²) >= 11 is 1.39. The number of nitrogens with zero attached hydrogens (tertiary/aromatic N) is 2. The Morgan fingerprint density at radius 2 is 2.09 bits per heavy atom. The normalized spacial score (nSPS) is 10.7. The van der Waals surface area contributed by atoms with Gasteiger partial charge in [-0.05, 0) is 30.2 Å². The molecule has 118 valence electrons. The van der Waals surface area contributed by atoms with E-state index in [1.165, 1.54) is 23.8 Å². The summed E-state index contributed by atoms with van der Waals surface area (Å²) < 4.78 is 5.29. The van der Waals surface area contributed by atoms with Crippen molar-refractivity contribution in [2.24, 2.45) is 0 Å². The molecule has 0 atom stereocenters. The lowest BCUT2D eigenvalue weighted by atomic mass is 10.0. The van der Waals surface area contributed by atoms with Crippen LogP contribution in [0.3, 0.4) is 0 Å². The number of carbonyl (C=O) groups excluding carboxylic acids is 1. The van der Waals surface area contributed by atoms with Crippen LogP contribution in [-0.2, 0) is 11.2 Å². The molecule has 0 aliphatic rings. The second-order valence-corrected chi connectivity index (χ2v) is 5.98. The van der Waals surface area contributed by atoms with Gasteiger partial charge >= 0.3 is 0 Å². The zero-order chi connectivity index (χ0) is 16.4. The van der Waals surface area contributed by atoms with E-state index in [1.807, 2.05) is 23.6 Å². The molecule has 0 bridgehead atoms. The van der Waals surface area contributed by atoms with E-state index in [4.69, 9.17) is 9.72 Å². The number of aryl methyl sites for hydroxylation is 1. The van der Waals surface area contributed by atoms with Crippen LogP contribution in [0.2, 0.25) is 0 Å². The molecule has 0 fully saturated rings. The summed E-state index contributed by atoms with van der Waals surface area (Å²) in [5.74, 6) is 0.651. The molecule has 6 heteroatoms. The summed E-state index contributed by atoms with van der Waals surface area (Å²) in [5, 5.41) is 6.30. The lowest BCUT2D eigenvalue weighted by Crippen LogP contribution is -2.05. The molecule has 0 radical (unpaired) electrons. The number of fused-ring (bicyclic) bond motifs is 1. The van der Waals surface area contributed by atoms with Crippen LogP contribution in [0.4, 0.5) is 5.13 Å². The van der Waals surface area contributed by atoms with Gasteiger partial charge in [0.1, 0.15) is 11.4 Å². The van der Waals surface area contributed by atoms with E-state index in [1.54, 1.807) is 7.11 Å². The second kappa shape index (κ2) is 6.34. The Morgan fingerprint density at radius 3 is 2.78 bits per heavy atom. The molecule has 0 saturated carbocycles. The van der Waals surface area contributed by atoms with Gasteiger partial charge in [-0.15, -0.1) is 11.3 Å². The summed E-state index contributed by atoms with van der Waals surface area (Å²) in [4.78, 5) is 20.3. The molecule has 0 aliphatic carbocycles. The fourth-order valence-corrected chi connectivity index (χ4v) is 3.18. The molecular formula is C17H17N3O2S. The number of amides is 1. The minimum Gasteiger partial charge on any atom is -0.497 e. The van der Waals surface area contributed by atoms with Crippen molar-refractivity contribution in [3.05, 3.63) is 35.2 Å². The predicted molar refractivity (Wildman–Crippen MR) is 93.1 cm³/mol. The van der Waals surface area contributed by atoms with Crippen LogP contribution in [-0.4, -0.2) is 23.0 Å². The van der Waals surface area contributed by atoms with E-state index in [9.17, 15) is 4.79 Å². The number of pyridine rings is 1. The monoisotopic (exact) mass is 327 g/mol. The molecule has 5 nitrogen and oxygen atoms in total. The van der Waals surface area contributed by atoms with Crippen LogP contribution >= 0.6 is 11.3 Å². The fraction of sp³-hybridized carbons (Fsp3) is 0.235. The first kappa shape index (κ1) is 15.4.